The number of phenols is 1. The first-order valence-corrected chi connectivity index (χ1v) is 9.76. The minimum Gasteiger partial charge on any atom is -0.508 e. The fourth-order valence-electron chi connectivity index (χ4n) is 3.72. The Morgan fingerprint density at radius 1 is 1.17 bits per heavy atom. The molecule has 29 heavy (non-hydrogen) atoms. The van der Waals surface area contributed by atoms with Gasteiger partial charge in [-0.3, -0.25) is 0 Å². The summed E-state index contributed by atoms with van der Waals surface area (Å²) in [5, 5.41) is 10.8. The number of phenolic OH excluding ortho intramolecular Hbond substituents is 1. The molecule has 0 saturated carbocycles. The van der Waals surface area contributed by atoms with Gasteiger partial charge in [0.15, 0.2) is 0 Å². The lowest BCUT2D eigenvalue weighted by atomic mass is 9.92. The van der Waals surface area contributed by atoms with Gasteiger partial charge in [-0.25, -0.2) is 9.78 Å². The van der Waals surface area contributed by atoms with Gasteiger partial charge in [0.25, 0.3) is 0 Å². The molecule has 0 bridgehead atoms. The molecule has 0 spiro atoms. The summed E-state index contributed by atoms with van der Waals surface area (Å²) >= 11 is 6.83. The van der Waals surface area contributed by atoms with Gasteiger partial charge in [-0.05, 0) is 53.8 Å². The molecule has 0 radical (unpaired) electrons. The van der Waals surface area contributed by atoms with Crippen LogP contribution in [0.15, 0.2) is 48.7 Å². The maximum atomic E-state index is 11.6. The summed E-state index contributed by atoms with van der Waals surface area (Å²) in [6.45, 7) is 3.34. The fraction of sp³-hybridized carbons (Fsp3) is 0.217. The van der Waals surface area contributed by atoms with Crippen molar-refractivity contribution in [1.82, 2.24) is 4.98 Å². The number of rotatable bonds is 3. The number of hydrogen-bond donors (Lipinski definition) is 1. The van der Waals surface area contributed by atoms with E-state index in [1.807, 2.05) is 31.2 Å². The quantitative estimate of drug-likeness (QED) is 0.633. The molecule has 1 aliphatic heterocycles. The standard InChI is InChI=1S/C23H21ClN2O3/c1-14-17(4-3-5-20(14)27)18-8-6-15-10-11-26(13-19(15)22(18)24)21-9-7-16(12-25-21)23(28)29-2/h3-9,12,27H,10-11,13H2,1-2H3. The minimum atomic E-state index is -0.401. The molecule has 0 saturated heterocycles. The summed E-state index contributed by atoms with van der Waals surface area (Å²) in [4.78, 5) is 18.2. The molecule has 3 aromatic rings. The predicted octanol–water partition coefficient (Wildman–Crippen LogP) is 4.77. The molecule has 0 amide bonds. The number of halogens is 1. The molecule has 148 valence electrons. The highest BCUT2D eigenvalue weighted by molar-refractivity contribution is 6.34. The summed E-state index contributed by atoms with van der Waals surface area (Å²) in [5.74, 6) is 0.647. The average Bonchev–Trinajstić information content (AvgIpc) is 2.76. The van der Waals surface area contributed by atoms with E-state index < -0.39 is 5.97 Å². The van der Waals surface area contributed by atoms with Crippen LogP contribution in [0.3, 0.4) is 0 Å². The molecule has 1 aliphatic rings. The summed E-state index contributed by atoms with van der Waals surface area (Å²) < 4.78 is 4.73. The highest BCUT2D eigenvalue weighted by Gasteiger charge is 2.23. The van der Waals surface area contributed by atoms with Gasteiger partial charge in [-0.1, -0.05) is 35.9 Å². The maximum absolute atomic E-state index is 11.6. The van der Waals surface area contributed by atoms with Gasteiger partial charge >= 0.3 is 5.97 Å². The van der Waals surface area contributed by atoms with E-state index in [4.69, 9.17) is 16.3 Å². The number of aromatic hydroxyl groups is 1. The van der Waals surface area contributed by atoms with Crippen molar-refractivity contribution in [1.29, 1.82) is 0 Å². The van der Waals surface area contributed by atoms with E-state index >= 15 is 0 Å². The van der Waals surface area contributed by atoms with Crippen molar-refractivity contribution in [2.24, 2.45) is 0 Å². The van der Waals surface area contributed by atoms with E-state index in [0.29, 0.717) is 17.1 Å². The fourth-order valence-corrected chi connectivity index (χ4v) is 4.07. The summed E-state index contributed by atoms with van der Waals surface area (Å²) in [6.07, 6.45) is 2.39. The van der Waals surface area contributed by atoms with Gasteiger partial charge in [0.1, 0.15) is 11.6 Å². The molecule has 6 heteroatoms. The van der Waals surface area contributed by atoms with Crippen LogP contribution in [0.2, 0.25) is 5.02 Å². The lowest BCUT2D eigenvalue weighted by Gasteiger charge is -2.31. The van der Waals surface area contributed by atoms with E-state index in [2.05, 4.69) is 16.0 Å². The van der Waals surface area contributed by atoms with E-state index in [0.717, 1.165) is 41.0 Å². The Kier molecular flexibility index (Phi) is 5.16. The second-order valence-corrected chi connectivity index (χ2v) is 7.46. The van der Waals surface area contributed by atoms with Crippen molar-refractivity contribution in [2.45, 2.75) is 19.9 Å². The summed E-state index contributed by atoms with van der Waals surface area (Å²) in [7, 11) is 1.35. The van der Waals surface area contributed by atoms with Crippen LogP contribution in [-0.4, -0.2) is 29.7 Å². The second-order valence-electron chi connectivity index (χ2n) is 7.08. The number of carbonyl (C=O) groups excluding carboxylic acids is 1. The number of benzene rings is 2. The van der Waals surface area contributed by atoms with Crippen molar-refractivity contribution in [2.75, 3.05) is 18.6 Å². The summed E-state index contributed by atoms with van der Waals surface area (Å²) in [5.41, 5.74) is 5.36. The van der Waals surface area contributed by atoms with Gasteiger partial charge < -0.3 is 14.7 Å². The van der Waals surface area contributed by atoms with Crippen molar-refractivity contribution < 1.29 is 14.6 Å². The number of hydrogen-bond acceptors (Lipinski definition) is 5. The monoisotopic (exact) mass is 408 g/mol. The molecule has 0 aliphatic carbocycles. The first-order chi connectivity index (χ1) is 14.0. The van der Waals surface area contributed by atoms with E-state index in [9.17, 15) is 9.90 Å². The zero-order valence-corrected chi connectivity index (χ0v) is 17.0. The Balaban J connectivity index is 1.67. The number of esters is 1. The van der Waals surface area contributed by atoms with Crippen LogP contribution in [0.5, 0.6) is 5.75 Å². The van der Waals surface area contributed by atoms with Crippen LogP contribution >= 0.6 is 11.6 Å². The van der Waals surface area contributed by atoms with Crippen LogP contribution < -0.4 is 4.90 Å². The number of nitrogens with zero attached hydrogens (tertiary/aromatic N) is 2. The van der Waals surface area contributed by atoms with Crippen LogP contribution in [0.25, 0.3) is 11.1 Å². The van der Waals surface area contributed by atoms with Crippen LogP contribution in [0.4, 0.5) is 5.82 Å². The third-order valence-electron chi connectivity index (χ3n) is 5.43. The highest BCUT2D eigenvalue weighted by atomic mass is 35.5. The largest absolute Gasteiger partial charge is 0.508 e. The van der Waals surface area contributed by atoms with Gasteiger partial charge in [-0.15, -0.1) is 0 Å². The maximum Gasteiger partial charge on any atom is 0.339 e. The van der Waals surface area contributed by atoms with Crippen LogP contribution in [-0.2, 0) is 17.7 Å². The Hall–Kier alpha value is -3.05. The number of methoxy groups -OCH3 is 1. The van der Waals surface area contributed by atoms with Crippen LogP contribution in [0, 0.1) is 6.92 Å². The molecule has 2 aromatic carbocycles. The average molecular weight is 409 g/mol. The molecule has 5 nitrogen and oxygen atoms in total. The van der Waals surface area contributed by atoms with Crippen molar-refractivity contribution in [3.63, 3.8) is 0 Å². The van der Waals surface area contributed by atoms with E-state index in [1.165, 1.54) is 18.9 Å². The molecule has 0 unspecified atom stereocenters. The zero-order valence-electron chi connectivity index (χ0n) is 16.3. The van der Waals surface area contributed by atoms with Gasteiger partial charge in [0, 0.05) is 24.8 Å². The first kappa shape index (κ1) is 19.3. The SMILES string of the molecule is COC(=O)c1ccc(N2CCc3ccc(-c4cccc(O)c4C)c(Cl)c3C2)nc1. The molecule has 0 fully saturated rings. The predicted molar refractivity (Wildman–Crippen MR) is 114 cm³/mol. The Morgan fingerprint density at radius 2 is 2.00 bits per heavy atom. The van der Waals surface area contributed by atoms with Crippen molar-refractivity contribution in [3.8, 4) is 16.9 Å². The molecule has 1 aromatic heterocycles. The number of carbonyl (C=O) groups is 1. The second kappa shape index (κ2) is 7.76. The number of fused-ring (bicyclic) bond motifs is 1. The molecule has 2 heterocycles. The van der Waals surface area contributed by atoms with E-state index in [1.54, 1.807) is 12.1 Å². The third-order valence-corrected chi connectivity index (χ3v) is 5.86. The van der Waals surface area contributed by atoms with Gasteiger partial charge in [0.05, 0.1) is 17.7 Å². The Bertz CT molecular complexity index is 1080. The van der Waals surface area contributed by atoms with Crippen molar-refractivity contribution in [3.05, 3.63) is 75.9 Å². The van der Waals surface area contributed by atoms with E-state index in [-0.39, 0.29) is 5.75 Å². The number of pyridine rings is 1. The lowest BCUT2D eigenvalue weighted by Crippen LogP contribution is -2.31. The van der Waals surface area contributed by atoms with Gasteiger partial charge in [0.2, 0.25) is 0 Å². The Morgan fingerprint density at radius 3 is 2.72 bits per heavy atom. The highest BCUT2D eigenvalue weighted by Crippen LogP contribution is 2.39. The number of ether oxygens (including phenoxy) is 1. The zero-order chi connectivity index (χ0) is 20.5. The summed E-state index contributed by atoms with van der Waals surface area (Å²) in [6, 6.07) is 13.2. The first-order valence-electron chi connectivity index (χ1n) is 9.38. The van der Waals surface area contributed by atoms with Crippen molar-refractivity contribution >= 4 is 23.4 Å². The number of aromatic nitrogens is 1. The normalized spacial score (nSPS) is 13.1. The van der Waals surface area contributed by atoms with Crippen LogP contribution in [0.1, 0.15) is 27.0 Å². The minimum absolute atomic E-state index is 0.257. The topological polar surface area (TPSA) is 62.7 Å². The molecular formula is C23H21ClN2O3. The third kappa shape index (κ3) is 3.54. The lowest BCUT2D eigenvalue weighted by molar-refractivity contribution is 0.0600. The molecule has 4 rings (SSSR count). The Labute approximate surface area is 174 Å². The van der Waals surface area contributed by atoms with Gasteiger partial charge in [-0.2, -0.15) is 0 Å². The molecular weight excluding hydrogens is 388 g/mol. The number of anilines is 1. The molecule has 1 N–H and O–H groups in total. The smallest absolute Gasteiger partial charge is 0.339 e. The molecule has 0 atom stereocenters.